The van der Waals surface area contributed by atoms with Gasteiger partial charge in [0.15, 0.2) is 5.78 Å². The first-order valence-corrected chi connectivity index (χ1v) is 12.2. The van der Waals surface area contributed by atoms with Crippen molar-refractivity contribution in [2.45, 2.75) is 12.1 Å². The predicted octanol–water partition coefficient (Wildman–Crippen LogP) is 5.51. The van der Waals surface area contributed by atoms with E-state index in [0.29, 0.717) is 22.0 Å². The van der Waals surface area contributed by atoms with E-state index in [4.69, 9.17) is 11.6 Å². The number of hydrogen-bond donors (Lipinski definition) is 0. The molecule has 0 aromatic heterocycles. The molecule has 3 aromatic rings. The summed E-state index contributed by atoms with van der Waals surface area (Å²) in [5.74, 6) is -3.25. The van der Waals surface area contributed by atoms with Gasteiger partial charge in [-0.05, 0) is 54.1 Å². The maximum Gasteiger partial charge on any atom is 0.240 e. The summed E-state index contributed by atoms with van der Waals surface area (Å²) in [7, 11) is 0. The van der Waals surface area contributed by atoms with Crippen molar-refractivity contribution in [1.29, 1.82) is 0 Å². The maximum absolute atomic E-state index is 13.9. The highest BCUT2D eigenvalue weighted by Gasteiger charge is 2.64. The van der Waals surface area contributed by atoms with Crippen molar-refractivity contribution in [1.82, 2.24) is 0 Å². The molecule has 3 aliphatic heterocycles. The van der Waals surface area contributed by atoms with Crippen LogP contribution >= 0.6 is 27.5 Å². The number of fused-ring (bicyclic) bond motifs is 5. The molecule has 0 aliphatic carbocycles. The molecule has 0 N–H and O–H groups in total. The first-order valence-electron chi connectivity index (χ1n) is 11.0. The summed E-state index contributed by atoms with van der Waals surface area (Å²) in [6.45, 7) is 0. The smallest absolute Gasteiger partial charge is 0.240 e. The molecule has 174 valence electrons. The first kappa shape index (κ1) is 22.2. The van der Waals surface area contributed by atoms with Crippen LogP contribution in [0.25, 0.3) is 6.08 Å². The van der Waals surface area contributed by atoms with Crippen molar-refractivity contribution in [2.24, 2.45) is 11.8 Å². The Hall–Kier alpha value is -3.29. The van der Waals surface area contributed by atoms with Gasteiger partial charge in [0, 0.05) is 20.7 Å². The number of rotatable bonds is 3. The summed E-state index contributed by atoms with van der Waals surface area (Å²) in [6, 6.07) is 16.1. The van der Waals surface area contributed by atoms with Crippen LogP contribution in [0.2, 0.25) is 5.02 Å². The number of imide groups is 1. The van der Waals surface area contributed by atoms with Crippen LogP contribution in [0.1, 0.15) is 15.9 Å². The Morgan fingerprint density at radius 1 is 0.914 bits per heavy atom. The molecule has 35 heavy (non-hydrogen) atoms. The number of nitrogens with zero attached hydrogens (tertiary/aromatic N) is 2. The molecule has 0 unspecified atom stereocenters. The van der Waals surface area contributed by atoms with Gasteiger partial charge in [0.25, 0.3) is 0 Å². The van der Waals surface area contributed by atoms with Crippen molar-refractivity contribution < 1.29 is 18.8 Å². The van der Waals surface area contributed by atoms with Crippen LogP contribution in [0, 0.1) is 17.7 Å². The van der Waals surface area contributed by atoms with E-state index in [1.807, 2.05) is 23.1 Å². The van der Waals surface area contributed by atoms with Gasteiger partial charge < -0.3 is 4.90 Å². The van der Waals surface area contributed by atoms with Crippen LogP contribution in [-0.2, 0) is 9.59 Å². The molecule has 5 nitrogen and oxygen atoms in total. The Morgan fingerprint density at radius 3 is 2.31 bits per heavy atom. The second-order valence-corrected chi connectivity index (χ2v) is 10.2. The van der Waals surface area contributed by atoms with E-state index < -0.39 is 41.6 Å². The summed E-state index contributed by atoms with van der Waals surface area (Å²) >= 11 is 9.70. The van der Waals surface area contributed by atoms with E-state index in [9.17, 15) is 18.8 Å². The standard InChI is InChI=1S/C27H17BrClFN2O3/c28-16-5-1-15(2-6-16)25(33)24-23-22(20-12-4-14-3-7-17(29)13-21(14)32(20)24)26(34)31(27(23)35)19-10-8-18(30)9-11-19/h1-13,20,22-24H/t20-,22-,23-,24+/m1/s1. The zero-order valence-corrected chi connectivity index (χ0v) is 20.4. The highest BCUT2D eigenvalue weighted by Crippen LogP contribution is 2.50. The third kappa shape index (κ3) is 3.37. The summed E-state index contributed by atoms with van der Waals surface area (Å²) < 4.78 is 14.3. The Morgan fingerprint density at radius 2 is 1.60 bits per heavy atom. The molecular formula is C27H17BrClFN2O3. The minimum atomic E-state index is -0.907. The van der Waals surface area contributed by atoms with E-state index in [1.54, 1.807) is 36.4 Å². The molecule has 3 heterocycles. The SMILES string of the molecule is O=C(c1ccc(Br)cc1)[C@@H]1[C@@H]2C(=O)N(c3ccc(F)cc3)C(=O)[C@@H]2[C@H]2C=Cc3ccc(Cl)cc3N21. The van der Waals surface area contributed by atoms with E-state index in [0.717, 1.165) is 14.9 Å². The number of carbonyl (C=O) groups is 3. The third-order valence-corrected chi connectivity index (χ3v) is 7.72. The number of carbonyl (C=O) groups excluding carboxylic acids is 3. The summed E-state index contributed by atoms with van der Waals surface area (Å²) in [6.07, 6.45) is 3.77. The molecule has 8 heteroatoms. The van der Waals surface area contributed by atoms with Crippen LogP contribution in [0.4, 0.5) is 15.8 Å². The Kier molecular flexibility index (Phi) is 5.16. The third-order valence-electron chi connectivity index (χ3n) is 6.95. The second kappa shape index (κ2) is 8.14. The van der Waals surface area contributed by atoms with E-state index in [2.05, 4.69) is 15.9 Å². The Bertz CT molecular complexity index is 1420. The fraction of sp³-hybridized carbons (Fsp3) is 0.148. The number of Topliss-reactive ketones (excluding diaryl/α,β-unsaturated/α-hetero) is 1. The summed E-state index contributed by atoms with van der Waals surface area (Å²) in [5, 5.41) is 0.496. The molecule has 3 aromatic carbocycles. The minimum absolute atomic E-state index is 0.252. The molecule has 2 saturated heterocycles. The number of hydrogen-bond acceptors (Lipinski definition) is 4. The van der Waals surface area contributed by atoms with Crippen molar-refractivity contribution in [2.75, 3.05) is 9.80 Å². The van der Waals surface area contributed by atoms with Crippen LogP contribution < -0.4 is 9.80 Å². The summed E-state index contributed by atoms with van der Waals surface area (Å²) in [5.41, 5.74) is 2.30. The predicted molar refractivity (Wildman–Crippen MR) is 135 cm³/mol. The van der Waals surface area contributed by atoms with E-state index in [1.165, 1.54) is 24.3 Å². The van der Waals surface area contributed by atoms with Crippen molar-refractivity contribution in [3.8, 4) is 0 Å². The lowest BCUT2D eigenvalue weighted by Gasteiger charge is -2.36. The van der Waals surface area contributed by atoms with Gasteiger partial charge in [-0.1, -0.05) is 57.9 Å². The zero-order chi connectivity index (χ0) is 24.4. The monoisotopic (exact) mass is 550 g/mol. The van der Waals surface area contributed by atoms with Gasteiger partial charge in [-0.2, -0.15) is 0 Å². The number of anilines is 2. The average Bonchev–Trinajstić information content (AvgIpc) is 3.33. The molecule has 6 rings (SSSR count). The molecule has 0 radical (unpaired) electrons. The molecule has 0 bridgehead atoms. The van der Waals surface area contributed by atoms with Crippen LogP contribution in [0.15, 0.2) is 77.3 Å². The number of amides is 2. The number of benzene rings is 3. The van der Waals surface area contributed by atoms with Gasteiger partial charge >= 0.3 is 0 Å². The van der Waals surface area contributed by atoms with Gasteiger partial charge in [-0.3, -0.25) is 14.4 Å². The van der Waals surface area contributed by atoms with Crippen molar-refractivity contribution in [3.05, 3.63) is 99.2 Å². The highest BCUT2D eigenvalue weighted by molar-refractivity contribution is 9.10. The lowest BCUT2D eigenvalue weighted by molar-refractivity contribution is -0.122. The van der Waals surface area contributed by atoms with Crippen molar-refractivity contribution >= 4 is 62.6 Å². The minimum Gasteiger partial charge on any atom is -0.352 e. The van der Waals surface area contributed by atoms with Crippen LogP contribution in [0.5, 0.6) is 0 Å². The molecule has 2 fully saturated rings. The quantitative estimate of drug-likeness (QED) is 0.318. The molecule has 4 atom stereocenters. The fourth-order valence-electron chi connectivity index (χ4n) is 5.46. The molecule has 0 saturated carbocycles. The molecular weight excluding hydrogens is 535 g/mol. The zero-order valence-electron chi connectivity index (χ0n) is 18.1. The lowest BCUT2D eigenvalue weighted by Crippen LogP contribution is -2.48. The van der Waals surface area contributed by atoms with E-state index in [-0.39, 0.29) is 5.78 Å². The van der Waals surface area contributed by atoms with Gasteiger partial charge in [-0.15, -0.1) is 0 Å². The lowest BCUT2D eigenvalue weighted by atomic mass is 9.86. The van der Waals surface area contributed by atoms with Gasteiger partial charge in [0.05, 0.1) is 23.6 Å². The van der Waals surface area contributed by atoms with Gasteiger partial charge in [-0.25, -0.2) is 9.29 Å². The van der Waals surface area contributed by atoms with Gasteiger partial charge in [0.2, 0.25) is 11.8 Å². The topological polar surface area (TPSA) is 57.7 Å². The number of ketones is 1. The first-order chi connectivity index (χ1) is 16.8. The van der Waals surface area contributed by atoms with E-state index >= 15 is 0 Å². The average molecular weight is 552 g/mol. The van der Waals surface area contributed by atoms with Crippen molar-refractivity contribution in [3.63, 3.8) is 0 Å². The summed E-state index contributed by atoms with van der Waals surface area (Å²) in [4.78, 5) is 44.4. The molecule has 0 spiro atoms. The van der Waals surface area contributed by atoms with Crippen LogP contribution in [0.3, 0.4) is 0 Å². The molecule has 2 amide bonds. The second-order valence-electron chi connectivity index (χ2n) is 8.82. The number of halogens is 3. The van der Waals surface area contributed by atoms with Crippen LogP contribution in [-0.4, -0.2) is 29.7 Å². The fourth-order valence-corrected chi connectivity index (χ4v) is 5.89. The maximum atomic E-state index is 13.9. The largest absolute Gasteiger partial charge is 0.352 e. The molecule has 3 aliphatic rings. The highest BCUT2D eigenvalue weighted by atomic mass is 79.9. The Balaban J connectivity index is 1.50. The normalized spacial score (nSPS) is 24.4. The Labute approximate surface area is 213 Å². The van der Waals surface area contributed by atoms with Gasteiger partial charge in [0.1, 0.15) is 11.9 Å².